The lowest BCUT2D eigenvalue weighted by Gasteiger charge is -2.20. The molecule has 0 saturated heterocycles. The molecule has 0 aliphatic carbocycles. The molecule has 110 valence electrons. The van der Waals surface area contributed by atoms with Gasteiger partial charge in [-0.15, -0.1) is 0 Å². The molecule has 0 unspecified atom stereocenters. The summed E-state index contributed by atoms with van der Waals surface area (Å²) in [5, 5.41) is 2.71. The zero-order chi connectivity index (χ0) is 15.1. The Balaban J connectivity index is 2.72. The summed E-state index contributed by atoms with van der Waals surface area (Å²) >= 11 is 3.83. The van der Waals surface area contributed by atoms with Gasteiger partial charge in [0, 0.05) is 5.69 Å². The van der Waals surface area contributed by atoms with Crippen molar-refractivity contribution in [1.82, 2.24) is 0 Å². The summed E-state index contributed by atoms with van der Waals surface area (Å²) in [5.74, 6) is -0.363. The van der Waals surface area contributed by atoms with Crippen molar-refractivity contribution >= 4 is 30.2 Å². The molecule has 0 saturated carbocycles. The van der Waals surface area contributed by atoms with Crippen LogP contribution in [-0.4, -0.2) is 30.8 Å². The van der Waals surface area contributed by atoms with Crippen molar-refractivity contribution in [2.24, 2.45) is 5.92 Å². The fraction of sp³-hybridized carbons (Fsp3) is 0.429. The summed E-state index contributed by atoms with van der Waals surface area (Å²) < 4.78 is 10.1. The third-order valence-corrected chi connectivity index (χ3v) is 2.87. The monoisotopic (exact) mass is 297 g/mol. The summed E-state index contributed by atoms with van der Waals surface area (Å²) in [5.41, 5.74) is 0.614. The molecule has 1 amide bonds. The Bertz CT molecular complexity index is 459. The average Bonchev–Trinajstić information content (AvgIpc) is 2.44. The highest BCUT2D eigenvalue weighted by molar-refractivity contribution is 7.81. The van der Waals surface area contributed by atoms with Crippen molar-refractivity contribution in [2.45, 2.75) is 20.0 Å². The normalized spacial score (nSPS) is 11.8. The van der Waals surface area contributed by atoms with E-state index in [1.54, 1.807) is 31.4 Å². The number of anilines is 1. The Hall–Kier alpha value is -1.69. The second-order valence-electron chi connectivity index (χ2n) is 4.53. The van der Waals surface area contributed by atoms with E-state index in [-0.39, 0.29) is 17.6 Å². The zero-order valence-corrected chi connectivity index (χ0v) is 12.6. The fourth-order valence-corrected chi connectivity index (χ4v) is 1.63. The lowest BCUT2D eigenvalue weighted by molar-refractivity contribution is -0.154. The number of carbonyl (C=O) groups excluding carboxylic acids is 2. The molecule has 6 heteroatoms. The molecule has 0 spiro atoms. The molecule has 0 heterocycles. The van der Waals surface area contributed by atoms with E-state index in [1.165, 1.54) is 0 Å². The Morgan fingerprint density at radius 3 is 2.30 bits per heavy atom. The minimum absolute atomic E-state index is 0.0565. The molecular weight excluding hydrogens is 278 g/mol. The van der Waals surface area contributed by atoms with E-state index in [4.69, 9.17) is 9.47 Å². The second-order valence-corrected chi connectivity index (χ2v) is 4.85. The van der Waals surface area contributed by atoms with Crippen molar-refractivity contribution in [1.29, 1.82) is 0 Å². The maximum Gasteiger partial charge on any atom is 0.316 e. The Morgan fingerprint density at radius 2 is 1.85 bits per heavy atom. The van der Waals surface area contributed by atoms with Gasteiger partial charge >= 0.3 is 5.97 Å². The predicted octanol–water partition coefficient (Wildman–Crippen LogP) is 2.13. The highest BCUT2D eigenvalue weighted by Gasteiger charge is 2.26. The quantitative estimate of drug-likeness (QED) is 0.623. The largest absolute Gasteiger partial charge is 0.497 e. The van der Waals surface area contributed by atoms with Gasteiger partial charge in [0.1, 0.15) is 5.75 Å². The predicted molar refractivity (Wildman–Crippen MR) is 80.2 cm³/mol. The number of methoxy groups -OCH3 is 1. The molecule has 1 atom stereocenters. The molecule has 5 nitrogen and oxygen atoms in total. The standard InChI is InChI=1S/C14H19NO4S/c1-9(2)13(19-12(16)8-20)14(17)15-10-4-6-11(18-3)7-5-10/h4-7,9,13,20H,8H2,1-3H3,(H,15,17)/t13-/m0/s1. The van der Waals surface area contributed by atoms with Crippen LogP contribution in [0.4, 0.5) is 5.69 Å². The fourth-order valence-electron chi connectivity index (χ4n) is 1.56. The minimum atomic E-state index is -0.836. The molecule has 1 aromatic carbocycles. The molecule has 0 radical (unpaired) electrons. The molecular formula is C14H19NO4S. The van der Waals surface area contributed by atoms with Crippen molar-refractivity contribution in [3.05, 3.63) is 24.3 Å². The topological polar surface area (TPSA) is 64.6 Å². The van der Waals surface area contributed by atoms with Crippen molar-refractivity contribution in [2.75, 3.05) is 18.2 Å². The maximum atomic E-state index is 12.1. The van der Waals surface area contributed by atoms with E-state index < -0.39 is 12.1 Å². The smallest absolute Gasteiger partial charge is 0.316 e. The second kappa shape index (κ2) is 7.79. The summed E-state index contributed by atoms with van der Waals surface area (Å²) in [6.07, 6.45) is -0.836. The molecule has 0 aliphatic rings. The highest BCUT2D eigenvalue weighted by atomic mass is 32.1. The summed E-state index contributed by atoms with van der Waals surface area (Å²) in [6, 6.07) is 6.91. The van der Waals surface area contributed by atoms with E-state index in [1.807, 2.05) is 13.8 Å². The van der Waals surface area contributed by atoms with Crippen LogP contribution in [0.15, 0.2) is 24.3 Å². The van der Waals surface area contributed by atoms with Gasteiger partial charge in [-0.25, -0.2) is 0 Å². The third kappa shape index (κ3) is 4.77. The first-order valence-corrected chi connectivity index (χ1v) is 6.86. The molecule has 0 aliphatic heterocycles. The van der Waals surface area contributed by atoms with Crippen LogP contribution in [0.25, 0.3) is 0 Å². The Morgan fingerprint density at radius 1 is 1.25 bits per heavy atom. The van der Waals surface area contributed by atoms with Crippen molar-refractivity contribution < 1.29 is 19.1 Å². The van der Waals surface area contributed by atoms with Gasteiger partial charge in [0.25, 0.3) is 5.91 Å². The van der Waals surface area contributed by atoms with E-state index in [0.29, 0.717) is 11.4 Å². The molecule has 20 heavy (non-hydrogen) atoms. The van der Waals surface area contributed by atoms with E-state index in [2.05, 4.69) is 17.9 Å². The van der Waals surface area contributed by atoms with Crippen LogP contribution in [0.1, 0.15) is 13.8 Å². The minimum Gasteiger partial charge on any atom is -0.497 e. The third-order valence-electron chi connectivity index (χ3n) is 2.61. The zero-order valence-electron chi connectivity index (χ0n) is 11.8. The van der Waals surface area contributed by atoms with Gasteiger partial charge in [-0.2, -0.15) is 12.6 Å². The number of amides is 1. The molecule has 0 fully saturated rings. The first kappa shape index (κ1) is 16.4. The first-order valence-electron chi connectivity index (χ1n) is 6.23. The van der Waals surface area contributed by atoms with Gasteiger partial charge < -0.3 is 14.8 Å². The lowest BCUT2D eigenvalue weighted by atomic mass is 10.1. The van der Waals surface area contributed by atoms with Gasteiger partial charge in [0.15, 0.2) is 6.10 Å². The summed E-state index contributed by atoms with van der Waals surface area (Å²) in [7, 11) is 1.57. The number of nitrogens with one attached hydrogen (secondary N) is 1. The van der Waals surface area contributed by atoms with Gasteiger partial charge in [0.2, 0.25) is 0 Å². The van der Waals surface area contributed by atoms with Crippen LogP contribution in [0.5, 0.6) is 5.75 Å². The average molecular weight is 297 g/mol. The number of rotatable bonds is 6. The van der Waals surface area contributed by atoms with Crippen molar-refractivity contribution in [3.63, 3.8) is 0 Å². The van der Waals surface area contributed by atoms with E-state index >= 15 is 0 Å². The molecule has 1 N–H and O–H groups in total. The summed E-state index contributed by atoms with van der Waals surface area (Å²) in [4.78, 5) is 23.4. The van der Waals surface area contributed by atoms with E-state index in [0.717, 1.165) is 0 Å². The van der Waals surface area contributed by atoms with Gasteiger partial charge in [-0.3, -0.25) is 9.59 Å². The number of esters is 1. The Kier molecular flexibility index (Phi) is 6.38. The lowest BCUT2D eigenvalue weighted by Crippen LogP contribution is -2.36. The Labute approximate surface area is 124 Å². The number of hydrogen-bond acceptors (Lipinski definition) is 5. The molecule has 0 bridgehead atoms. The summed E-state index contributed by atoms with van der Waals surface area (Å²) in [6.45, 7) is 3.62. The number of ether oxygens (including phenoxy) is 2. The van der Waals surface area contributed by atoms with Crippen LogP contribution in [-0.2, 0) is 14.3 Å². The van der Waals surface area contributed by atoms with Crippen LogP contribution in [0, 0.1) is 5.92 Å². The number of hydrogen-bond donors (Lipinski definition) is 2. The molecule has 1 rings (SSSR count). The molecule has 0 aromatic heterocycles. The SMILES string of the molecule is COc1ccc(NC(=O)[C@@H](OC(=O)CS)C(C)C)cc1. The van der Waals surface area contributed by atoms with Crippen LogP contribution in [0.3, 0.4) is 0 Å². The number of carbonyl (C=O) groups is 2. The van der Waals surface area contributed by atoms with Crippen LogP contribution >= 0.6 is 12.6 Å². The van der Waals surface area contributed by atoms with E-state index in [9.17, 15) is 9.59 Å². The molecule has 1 aromatic rings. The van der Waals surface area contributed by atoms with Crippen molar-refractivity contribution in [3.8, 4) is 5.75 Å². The number of thiol groups is 1. The highest BCUT2D eigenvalue weighted by Crippen LogP contribution is 2.17. The van der Waals surface area contributed by atoms with Gasteiger partial charge in [0.05, 0.1) is 12.9 Å². The maximum absolute atomic E-state index is 12.1. The van der Waals surface area contributed by atoms with Gasteiger partial charge in [-0.05, 0) is 30.2 Å². The van der Waals surface area contributed by atoms with Crippen LogP contribution in [0.2, 0.25) is 0 Å². The first-order chi connectivity index (χ1) is 9.47. The number of benzene rings is 1. The van der Waals surface area contributed by atoms with Crippen LogP contribution < -0.4 is 10.1 Å². The van der Waals surface area contributed by atoms with Gasteiger partial charge in [-0.1, -0.05) is 13.8 Å².